The third-order valence-electron chi connectivity index (χ3n) is 4.36. The van der Waals surface area contributed by atoms with Crippen LogP contribution >= 0.6 is 11.8 Å². The first-order valence-corrected chi connectivity index (χ1v) is 11.4. The Labute approximate surface area is 140 Å². The molecule has 2 heterocycles. The molecule has 1 saturated heterocycles. The van der Waals surface area contributed by atoms with Gasteiger partial charge in [0, 0.05) is 5.75 Å². The number of thioether (sulfide) groups is 1. The molecule has 0 aromatic carbocycles. The topological polar surface area (TPSA) is 79.4 Å². The van der Waals surface area contributed by atoms with Gasteiger partial charge in [-0.15, -0.1) is 11.8 Å². The molecular weight excluding hydrogens is 337 g/mol. The smallest absolute Gasteiger partial charge is 0.351 e. The summed E-state index contributed by atoms with van der Waals surface area (Å²) in [5.41, 5.74) is 4.50. The molecule has 1 aliphatic rings. The number of rotatable bonds is 4. The molecule has 2 unspecified atom stereocenters. The fraction of sp³-hybridized carbons (Fsp3) is 0.714. The van der Waals surface area contributed by atoms with E-state index in [1.807, 2.05) is 0 Å². The summed E-state index contributed by atoms with van der Waals surface area (Å²) in [4.78, 5) is 15.3. The zero-order chi connectivity index (χ0) is 17.4. The zero-order valence-corrected chi connectivity index (χ0v) is 15.9. The van der Waals surface area contributed by atoms with E-state index in [0.717, 1.165) is 10.8 Å². The average molecular weight is 362 g/mol. The van der Waals surface area contributed by atoms with Gasteiger partial charge in [-0.1, -0.05) is 20.8 Å². The molecule has 2 N–H and O–H groups in total. The van der Waals surface area contributed by atoms with Crippen molar-refractivity contribution in [2.75, 3.05) is 18.1 Å². The van der Waals surface area contributed by atoms with Crippen LogP contribution < -0.4 is 11.4 Å². The van der Waals surface area contributed by atoms with Crippen molar-refractivity contribution < 1.29 is 13.6 Å². The lowest BCUT2D eigenvalue weighted by Crippen LogP contribution is -2.42. The van der Waals surface area contributed by atoms with Crippen molar-refractivity contribution in [2.24, 2.45) is 0 Å². The first-order chi connectivity index (χ1) is 10.5. The SMILES string of the molecule is CC(C)(C)[Si](C)(C)OCC1OC(n2cc(F)c(N)nc2=O)CS1. The number of hydrogen-bond acceptors (Lipinski definition) is 6. The van der Waals surface area contributed by atoms with Crippen LogP contribution in [0.3, 0.4) is 0 Å². The molecule has 1 aliphatic heterocycles. The lowest BCUT2D eigenvalue weighted by molar-refractivity contribution is -0.00459. The highest BCUT2D eigenvalue weighted by atomic mass is 32.2. The number of nitrogens with two attached hydrogens (primary N) is 1. The number of halogens is 1. The molecule has 0 amide bonds. The van der Waals surface area contributed by atoms with Gasteiger partial charge in [0.15, 0.2) is 20.0 Å². The van der Waals surface area contributed by atoms with E-state index in [-0.39, 0.29) is 10.5 Å². The Kier molecular flexibility index (Phi) is 5.24. The zero-order valence-electron chi connectivity index (χ0n) is 14.1. The maximum Gasteiger partial charge on any atom is 0.351 e. The summed E-state index contributed by atoms with van der Waals surface area (Å²) in [6, 6.07) is 0. The number of aromatic nitrogens is 2. The normalized spacial score (nSPS) is 22.5. The summed E-state index contributed by atoms with van der Waals surface area (Å²) in [7, 11) is -1.85. The molecule has 0 saturated carbocycles. The van der Waals surface area contributed by atoms with Gasteiger partial charge in [-0.2, -0.15) is 4.98 Å². The van der Waals surface area contributed by atoms with Crippen molar-refractivity contribution >= 4 is 25.9 Å². The Hall–Kier alpha value is -0.903. The van der Waals surface area contributed by atoms with Gasteiger partial charge in [0.05, 0.1) is 12.8 Å². The van der Waals surface area contributed by atoms with Gasteiger partial charge in [-0.3, -0.25) is 4.57 Å². The minimum absolute atomic E-state index is 0.122. The standard InChI is InChI=1S/C14H24FN3O3SSi/c1-14(2,3)23(4,5)20-7-11-21-10(8-22-11)18-6-9(15)12(16)17-13(18)19/h6,10-11H,7-8H2,1-5H3,(H2,16,17,19). The molecule has 130 valence electrons. The highest BCUT2D eigenvalue weighted by molar-refractivity contribution is 8.00. The van der Waals surface area contributed by atoms with Crippen molar-refractivity contribution in [1.29, 1.82) is 0 Å². The molecule has 9 heteroatoms. The summed E-state index contributed by atoms with van der Waals surface area (Å²) in [5.74, 6) is -0.579. The number of ether oxygens (including phenoxy) is 1. The highest BCUT2D eigenvalue weighted by Gasteiger charge is 2.39. The van der Waals surface area contributed by atoms with E-state index in [2.05, 4.69) is 38.8 Å². The van der Waals surface area contributed by atoms with Crippen molar-refractivity contribution in [3.8, 4) is 0 Å². The molecule has 2 atom stereocenters. The molecule has 1 fully saturated rings. The molecule has 0 spiro atoms. The van der Waals surface area contributed by atoms with Crippen molar-refractivity contribution in [2.45, 2.75) is 50.6 Å². The minimum Gasteiger partial charge on any atom is -0.413 e. The third-order valence-corrected chi connectivity index (χ3v) is 9.96. The van der Waals surface area contributed by atoms with E-state index in [9.17, 15) is 9.18 Å². The van der Waals surface area contributed by atoms with Crippen molar-refractivity contribution in [1.82, 2.24) is 9.55 Å². The number of nitrogens with zero attached hydrogens (tertiary/aromatic N) is 2. The lowest BCUT2D eigenvalue weighted by Gasteiger charge is -2.36. The molecule has 23 heavy (non-hydrogen) atoms. The van der Waals surface area contributed by atoms with Crippen LogP contribution in [0.15, 0.2) is 11.0 Å². The van der Waals surface area contributed by atoms with Gasteiger partial charge in [-0.25, -0.2) is 9.18 Å². The van der Waals surface area contributed by atoms with Crippen LogP contribution in [-0.2, 0) is 9.16 Å². The van der Waals surface area contributed by atoms with Gasteiger partial charge in [0.25, 0.3) is 0 Å². The van der Waals surface area contributed by atoms with Crippen LogP contribution in [0.5, 0.6) is 0 Å². The third kappa shape index (κ3) is 4.14. The molecule has 0 radical (unpaired) electrons. The summed E-state index contributed by atoms with van der Waals surface area (Å²) in [5, 5.41) is 0.122. The molecule has 6 nitrogen and oxygen atoms in total. The largest absolute Gasteiger partial charge is 0.413 e. The van der Waals surface area contributed by atoms with Crippen LogP contribution in [0.2, 0.25) is 18.1 Å². The molecular formula is C14H24FN3O3SSi. The number of hydrogen-bond donors (Lipinski definition) is 1. The first kappa shape index (κ1) is 18.4. The van der Waals surface area contributed by atoms with Crippen LogP contribution in [0.25, 0.3) is 0 Å². The second kappa shape index (κ2) is 6.54. The van der Waals surface area contributed by atoms with Gasteiger partial charge in [0.1, 0.15) is 11.7 Å². The Balaban J connectivity index is 2.00. The van der Waals surface area contributed by atoms with Crippen LogP contribution in [0, 0.1) is 5.82 Å². The predicted octanol–water partition coefficient (Wildman–Crippen LogP) is 2.57. The van der Waals surface area contributed by atoms with Gasteiger partial charge < -0.3 is 14.9 Å². The summed E-state index contributed by atoms with van der Waals surface area (Å²) in [6.45, 7) is 11.3. The van der Waals surface area contributed by atoms with E-state index in [0.29, 0.717) is 12.4 Å². The Morgan fingerprint density at radius 3 is 2.83 bits per heavy atom. The first-order valence-electron chi connectivity index (χ1n) is 7.46. The number of anilines is 1. The van der Waals surface area contributed by atoms with Crippen LogP contribution in [0.1, 0.15) is 27.0 Å². The maximum atomic E-state index is 13.5. The molecule has 2 rings (SSSR count). The Bertz CT molecular complexity index is 633. The fourth-order valence-electron chi connectivity index (χ4n) is 1.83. The van der Waals surface area contributed by atoms with Gasteiger partial charge in [0.2, 0.25) is 0 Å². The predicted molar refractivity (Wildman–Crippen MR) is 92.4 cm³/mol. The van der Waals surface area contributed by atoms with E-state index in [1.165, 1.54) is 0 Å². The fourth-order valence-corrected chi connectivity index (χ4v) is 3.94. The summed E-state index contributed by atoms with van der Waals surface area (Å²) < 4.78 is 26.6. The minimum atomic E-state index is -1.85. The molecule has 0 aliphatic carbocycles. The Morgan fingerprint density at radius 2 is 2.22 bits per heavy atom. The summed E-state index contributed by atoms with van der Waals surface area (Å²) in [6.07, 6.45) is 0.496. The quantitative estimate of drug-likeness (QED) is 0.831. The van der Waals surface area contributed by atoms with Gasteiger partial charge >= 0.3 is 5.69 Å². The van der Waals surface area contributed by atoms with Crippen LogP contribution in [-0.4, -0.2) is 35.7 Å². The van der Waals surface area contributed by atoms with E-state index < -0.39 is 31.9 Å². The molecule has 0 bridgehead atoms. The summed E-state index contributed by atoms with van der Waals surface area (Å²) >= 11 is 1.55. The maximum absolute atomic E-state index is 13.5. The van der Waals surface area contributed by atoms with Crippen LogP contribution in [0.4, 0.5) is 10.2 Å². The van der Waals surface area contributed by atoms with E-state index in [4.69, 9.17) is 14.9 Å². The Morgan fingerprint density at radius 1 is 1.57 bits per heavy atom. The second-order valence-corrected chi connectivity index (χ2v) is 13.1. The molecule has 1 aromatic rings. The van der Waals surface area contributed by atoms with Gasteiger partial charge in [-0.05, 0) is 18.1 Å². The van der Waals surface area contributed by atoms with Crippen molar-refractivity contribution in [3.05, 3.63) is 22.5 Å². The lowest BCUT2D eigenvalue weighted by atomic mass is 10.2. The highest BCUT2D eigenvalue weighted by Crippen LogP contribution is 2.38. The average Bonchev–Trinajstić information content (AvgIpc) is 2.88. The number of nitrogen functional groups attached to an aromatic ring is 1. The second-order valence-electron chi connectivity index (χ2n) is 7.09. The molecule has 1 aromatic heterocycles. The van der Waals surface area contributed by atoms with E-state index >= 15 is 0 Å². The monoisotopic (exact) mass is 361 g/mol. The van der Waals surface area contributed by atoms with E-state index in [1.54, 1.807) is 11.8 Å². The van der Waals surface area contributed by atoms with Crippen molar-refractivity contribution in [3.63, 3.8) is 0 Å².